The highest BCUT2D eigenvalue weighted by Gasteiger charge is 2.30. The fourth-order valence-corrected chi connectivity index (χ4v) is 5.63. The molecule has 0 aliphatic carbocycles. The maximum atomic E-state index is 13.3. The number of aryl methyl sites for hydroxylation is 2. The molecule has 1 aromatic heterocycles. The number of pyridine rings is 1. The molecule has 0 saturated carbocycles. The molecule has 4 rings (SSSR count). The highest BCUT2D eigenvalue weighted by Crippen LogP contribution is 2.28. The summed E-state index contributed by atoms with van der Waals surface area (Å²) in [6, 6.07) is 6.80. The molecule has 14 nitrogen and oxygen atoms in total. The molecule has 2 aromatic rings. The van der Waals surface area contributed by atoms with Gasteiger partial charge in [0.25, 0.3) is 5.91 Å². The van der Waals surface area contributed by atoms with E-state index < -0.39 is 30.0 Å². The number of rotatable bonds is 7. The van der Waals surface area contributed by atoms with Crippen molar-refractivity contribution >= 4 is 29.5 Å². The number of aliphatic hydroxyl groups is 1. The van der Waals surface area contributed by atoms with Gasteiger partial charge >= 0.3 is 0 Å². The number of fused-ring (bicyclic) bond motifs is 23. The average Bonchev–Trinajstić information content (AvgIpc) is 3.11. The molecule has 0 radical (unpaired) electrons. The van der Waals surface area contributed by atoms with E-state index in [1.807, 2.05) is 26.0 Å². The Morgan fingerprint density at radius 2 is 1.75 bits per heavy atom. The zero-order valence-corrected chi connectivity index (χ0v) is 30.2. The number of benzene rings is 1. The van der Waals surface area contributed by atoms with Gasteiger partial charge in [-0.2, -0.15) is 0 Å². The normalized spacial score (nSPS) is 20.0. The minimum absolute atomic E-state index is 0.0267. The molecule has 51 heavy (non-hydrogen) atoms. The van der Waals surface area contributed by atoms with E-state index in [0.29, 0.717) is 76.1 Å². The maximum absolute atomic E-state index is 13.3. The van der Waals surface area contributed by atoms with Crippen molar-refractivity contribution in [1.29, 1.82) is 0 Å². The smallest absolute Gasteiger partial charge is 0.257 e. The molecular weight excluding hydrogens is 656 g/mol. The molecule has 0 fully saturated rings. The van der Waals surface area contributed by atoms with Gasteiger partial charge in [0.2, 0.25) is 23.6 Å². The molecule has 5 N–H and O–H groups in total. The number of methoxy groups -OCH3 is 1. The summed E-state index contributed by atoms with van der Waals surface area (Å²) in [5, 5.41) is 21.4. The number of carbonyl (C=O) groups is 5. The summed E-state index contributed by atoms with van der Waals surface area (Å²) >= 11 is 0. The maximum Gasteiger partial charge on any atom is 0.257 e. The Hall–Kier alpha value is -4.72. The molecule has 2 aliphatic rings. The SMILES string of the molecule is COc1cc2ccc1OCC(=O)NCCCN(C(=O)CCc1cccnc1)CCCCNC(=O)[C@H]([C@@H](C)O)NC(=O)[C@@H](CC(C)C)NC(=O)CC2. The standard InChI is InChI=1S/C37H54N6O8/c1-25(2)21-29-36(48)42-35(26(3)44)37(49)40-17-5-6-19-43(34(47)15-12-28-9-7-16-38-23-28)20-8-18-39-33(46)24-51-30-13-10-27(22-31(30)50-4)11-14-32(45)41-29/h7,9-10,13,16,22-23,25-26,29,35,44H,5-6,8,11-12,14-15,17-21,24H2,1-4H3,(H,39,46)(H,40,49)(H,41,45)(H,42,48)/t26-,29-,35+/m1/s1. The van der Waals surface area contributed by atoms with Crippen LogP contribution < -0.4 is 30.7 Å². The van der Waals surface area contributed by atoms with Gasteiger partial charge in [-0.15, -0.1) is 0 Å². The fourth-order valence-electron chi connectivity index (χ4n) is 5.63. The highest BCUT2D eigenvalue weighted by atomic mass is 16.5. The molecule has 0 unspecified atom stereocenters. The zero-order valence-electron chi connectivity index (χ0n) is 30.2. The summed E-state index contributed by atoms with van der Waals surface area (Å²) in [5.41, 5.74) is 1.75. The predicted molar refractivity (Wildman–Crippen MR) is 191 cm³/mol. The molecule has 0 spiro atoms. The van der Waals surface area contributed by atoms with E-state index in [0.717, 1.165) is 11.1 Å². The van der Waals surface area contributed by atoms with Gasteiger partial charge in [-0.1, -0.05) is 26.0 Å². The first kappa shape index (κ1) is 40.7. The van der Waals surface area contributed by atoms with E-state index in [9.17, 15) is 29.1 Å². The molecule has 280 valence electrons. The number of amides is 5. The Kier molecular flexibility index (Phi) is 17.2. The van der Waals surface area contributed by atoms with Crippen LogP contribution in [-0.2, 0) is 36.8 Å². The van der Waals surface area contributed by atoms with Gasteiger partial charge in [0.1, 0.15) is 12.1 Å². The monoisotopic (exact) mass is 710 g/mol. The zero-order chi connectivity index (χ0) is 37.2. The lowest BCUT2D eigenvalue weighted by Gasteiger charge is -2.26. The molecule has 2 aliphatic heterocycles. The van der Waals surface area contributed by atoms with Crippen LogP contribution in [-0.4, -0.2) is 103 Å². The fraction of sp³-hybridized carbons (Fsp3) is 0.568. The molecule has 3 atom stereocenters. The lowest BCUT2D eigenvalue weighted by molar-refractivity contribution is -0.134. The lowest BCUT2D eigenvalue weighted by atomic mass is 10.0. The van der Waals surface area contributed by atoms with Gasteiger partial charge in [0.15, 0.2) is 18.1 Å². The van der Waals surface area contributed by atoms with Crippen LogP contribution >= 0.6 is 0 Å². The Balaban J connectivity index is 1.75. The van der Waals surface area contributed by atoms with Gasteiger partial charge < -0.3 is 40.7 Å². The van der Waals surface area contributed by atoms with Crippen LogP contribution in [0.1, 0.15) is 70.4 Å². The molecule has 14 heteroatoms. The van der Waals surface area contributed by atoms with Gasteiger partial charge in [-0.25, -0.2) is 0 Å². The first-order valence-corrected chi connectivity index (χ1v) is 17.7. The minimum Gasteiger partial charge on any atom is -0.493 e. The van der Waals surface area contributed by atoms with Crippen LogP contribution in [0.4, 0.5) is 0 Å². The number of ether oxygens (including phenoxy) is 2. The largest absolute Gasteiger partial charge is 0.493 e. The van der Waals surface area contributed by atoms with Crippen molar-refractivity contribution in [2.45, 2.75) is 90.3 Å². The summed E-state index contributed by atoms with van der Waals surface area (Å²) < 4.78 is 11.2. The van der Waals surface area contributed by atoms with Crippen LogP contribution in [0.5, 0.6) is 11.5 Å². The predicted octanol–water partition coefficient (Wildman–Crippen LogP) is 1.68. The van der Waals surface area contributed by atoms with Crippen LogP contribution in [0.15, 0.2) is 42.7 Å². The summed E-state index contributed by atoms with van der Waals surface area (Å²) in [6.07, 6.45) is 5.51. The topological polar surface area (TPSA) is 188 Å². The number of aromatic nitrogens is 1. The van der Waals surface area contributed by atoms with Crippen LogP contribution in [0.25, 0.3) is 0 Å². The second-order valence-electron chi connectivity index (χ2n) is 13.2. The van der Waals surface area contributed by atoms with Crippen molar-refractivity contribution in [2.24, 2.45) is 5.92 Å². The second kappa shape index (κ2) is 21.5. The highest BCUT2D eigenvalue weighted by molar-refractivity contribution is 5.92. The first-order chi connectivity index (χ1) is 24.5. The van der Waals surface area contributed by atoms with Gasteiger partial charge in [0, 0.05) is 51.4 Å². The number of aliphatic hydroxyl groups excluding tert-OH is 1. The average molecular weight is 711 g/mol. The second-order valence-corrected chi connectivity index (χ2v) is 13.2. The Bertz CT molecular complexity index is 1440. The Morgan fingerprint density at radius 1 is 0.980 bits per heavy atom. The number of nitrogens with zero attached hydrogens (tertiary/aromatic N) is 2. The summed E-state index contributed by atoms with van der Waals surface area (Å²) in [7, 11) is 1.48. The van der Waals surface area contributed by atoms with E-state index in [4.69, 9.17) is 9.47 Å². The Morgan fingerprint density at radius 3 is 2.45 bits per heavy atom. The molecule has 2 bridgehead atoms. The van der Waals surface area contributed by atoms with Crippen molar-refractivity contribution in [3.05, 3.63) is 53.9 Å². The third kappa shape index (κ3) is 14.6. The van der Waals surface area contributed by atoms with Gasteiger partial charge in [0.05, 0.1) is 13.2 Å². The van der Waals surface area contributed by atoms with Crippen molar-refractivity contribution < 1.29 is 38.6 Å². The van der Waals surface area contributed by atoms with E-state index in [-0.39, 0.29) is 43.2 Å². The summed E-state index contributed by atoms with van der Waals surface area (Å²) in [6.45, 7) is 6.51. The van der Waals surface area contributed by atoms with Crippen molar-refractivity contribution in [2.75, 3.05) is 39.9 Å². The third-order valence-electron chi connectivity index (χ3n) is 8.43. The summed E-state index contributed by atoms with van der Waals surface area (Å²) in [5.74, 6) is -0.971. The lowest BCUT2D eigenvalue weighted by Crippen LogP contribution is -2.57. The number of carbonyl (C=O) groups excluding carboxylic acids is 5. The molecule has 5 amide bonds. The van der Waals surface area contributed by atoms with E-state index in [2.05, 4.69) is 26.3 Å². The van der Waals surface area contributed by atoms with Crippen molar-refractivity contribution in [3.8, 4) is 11.5 Å². The molecule has 3 heterocycles. The van der Waals surface area contributed by atoms with E-state index in [1.165, 1.54) is 14.0 Å². The van der Waals surface area contributed by atoms with Gasteiger partial charge in [-0.05, 0) is 80.7 Å². The molecule has 0 saturated heterocycles. The molecule has 1 aromatic carbocycles. The quantitative estimate of drug-likeness (QED) is 0.267. The number of nitrogens with one attached hydrogen (secondary N) is 4. The van der Waals surface area contributed by atoms with Crippen LogP contribution in [0.2, 0.25) is 0 Å². The van der Waals surface area contributed by atoms with Crippen molar-refractivity contribution in [1.82, 2.24) is 31.2 Å². The summed E-state index contributed by atoms with van der Waals surface area (Å²) in [4.78, 5) is 71.1. The number of hydrogen-bond donors (Lipinski definition) is 5. The van der Waals surface area contributed by atoms with Crippen LogP contribution in [0, 0.1) is 5.92 Å². The van der Waals surface area contributed by atoms with Crippen LogP contribution in [0.3, 0.4) is 0 Å². The van der Waals surface area contributed by atoms with E-state index in [1.54, 1.807) is 35.5 Å². The van der Waals surface area contributed by atoms with Gasteiger partial charge in [-0.3, -0.25) is 29.0 Å². The first-order valence-electron chi connectivity index (χ1n) is 17.7. The van der Waals surface area contributed by atoms with E-state index >= 15 is 0 Å². The third-order valence-corrected chi connectivity index (χ3v) is 8.43. The van der Waals surface area contributed by atoms with Crippen molar-refractivity contribution in [3.63, 3.8) is 0 Å². The number of hydrogen-bond acceptors (Lipinski definition) is 9. The minimum atomic E-state index is -1.23. The Labute approximate surface area is 300 Å². The molecular formula is C37H54N6O8.